The summed E-state index contributed by atoms with van der Waals surface area (Å²) in [4.78, 5) is 89.2. The first-order chi connectivity index (χ1) is 12.1. The largest absolute Gasteiger partial charge is 3.00 e. The fourth-order valence-corrected chi connectivity index (χ4v) is 0.895. The van der Waals surface area contributed by atoms with Gasteiger partial charge < -0.3 is 29.7 Å². The minimum absolute atomic E-state index is 0. The van der Waals surface area contributed by atoms with Crippen LogP contribution in [0.15, 0.2) is 0 Å². The van der Waals surface area contributed by atoms with Gasteiger partial charge in [-0.15, -0.1) is 0 Å². The number of hydrogen-bond donors (Lipinski definition) is 0. The van der Waals surface area contributed by atoms with Gasteiger partial charge in [0.25, 0.3) is 0 Å². The number of hydrogen-bond acceptors (Lipinski definition) is 12. The fourth-order valence-electron chi connectivity index (χ4n) is 0.895. The Morgan fingerprint density at radius 2 is 0.607 bits per heavy atom. The molecule has 0 rings (SSSR count). The van der Waals surface area contributed by atoms with E-state index >= 15 is 0 Å². The quantitative estimate of drug-likeness (QED) is 0.203. The number of carbonyl (C=O) groups excluding carboxylic acids is 9. The molecule has 0 aliphatic rings. The summed E-state index contributed by atoms with van der Waals surface area (Å²) in [7, 11) is 0. The molecule has 0 heterocycles. The zero-order valence-electron chi connectivity index (χ0n) is 15.1. The van der Waals surface area contributed by atoms with Crippen molar-refractivity contribution >= 4 is 52.6 Å². The maximum Gasteiger partial charge on any atom is 3.00 e. The van der Waals surface area contributed by atoms with E-state index in [-0.39, 0.29) is 35.6 Å². The Labute approximate surface area is 186 Å². The molecule has 0 saturated heterocycles. The fraction of sp³-hybridized carbons (Fsp3) is 0.400. The SMILES string of the molecule is CC(=O)CC(=O)C(=O)[O-].CC(=O)CC(=O)C(=O)[O-].CC(=O)CC(=O)C(=O)[O-].[La+3]. The summed E-state index contributed by atoms with van der Waals surface area (Å²) in [5, 5.41) is 28.9. The number of ketones is 6. The van der Waals surface area contributed by atoms with Crippen molar-refractivity contribution in [1.82, 2.24) is 0 Å². The molecule has 0 unspecified atom stereocenters. The molecule has 0 atom stereocenters. The normalized spacial score (nSPS) is 8.25. The van der Waals surface area contributed by atoms with Gasteiger partial charge in [0.1, 0.15) is 35.3 Å². The zero-order chi connectivity index (χ0) is 22.3. The molecule has 0 aromatic carbocycles. The van der Waals surface area contributed by atoms with E-state index in [9.17, 15) is 58.5 Å². The maximum absolute atomic E-state index is 10.1. The van der Waals surface area contributed by atoms with Gasteiger partial charge in [-0.1, -0.05) is 0 Å². The summed E-state index contributed by atoms with van der Waals surface area (Å²) in [6, 6.07) is 0. The third kappa shape index (κ3) is 25.9. The number of carbonyl (C=O) groups is 9. The second-order valence-electron chi connectivity index (χ2n) is 4.77. The molecule has 0 bridgehead atoms. The van der Waals surface area contributed by atoms with Gasteiger partial charge in [-0.05, 0) is 20.8 Å². The molecule has 0 N–H and O–H groups in total. The van der Waals surface area contributed by atoms with Crippen LogP contribution in [0.1, 0.15) is 40.0 Å². The van der Waals surface area contributed by atoms with E-state index in [4.69, 9.17) is 0 Å². The number of Topliss-reactive ketones (excluding diaryl/α,β-unsaturated/α-hetero) is 6. The summed E-state index contributed by atoms with van der Waals surface area (Å²) < 4.78 is 0. The molecule has 0 aromatic rings. The predicted octanol–water partition coefficient (Wildman–Crippen LogP) is -5.15. The van der Waals surface area contributed by atoms with Gasteiger partial charge in [-0.3, -0.25) is 28.8 Å². The van der Waals surface area contributed by atoms with Crippen molar-refractivity contribution in [3.05, 3.63) is 0 Å². The summed E-state index contributed by atoms with van der Waals surface area (Å²) in [6.45, 7) is 3.42. The summed E-state index contributed by atoms with van der Waals surface area (Å²) >= 11 is 0. The summed E-state index contributed by atoms with van der Waals surface area (Å²) in [5.41, 5.74) is 0. The van der Waals surface area contributed by atoms with Crippen LogP contribution in [0.5, 0.6) is 0 Å². The monoisotopic (exact) mass is 526 g/mol. The first-order valence-electron chi connectivity index (χ1n) is 6.82. The average molecular weight is 526 g/mol. The molecule has 0 aliphatic heterocycles. The topological polar surface area (TPSA) is 223 Å². The van der Waals surface area contributed by atoms with E-state index in [2.05, 4.69) is 0 Å². The average Bonchev–Trinajstić information content (AvgIpc) is 2.46. The van der Waals surface area contributed by atoms with Crippen LogP contribution in [0.25, 0.3) is 0 Å². The predicted molar refractivity (Wildman–Crippen MR) is 75.9 cm³/mol. The molecule has 0 saturated carbocycles. The minimum atomic E-state index is -1.80. The second-order valence-corrected chi connectivity index (χ2v) is 4.77. The Morgan fingerprint density at radius 3 is 0.643 bits per heavy atom. The zero-order valence-corrected chi connectivity index (χ0v) is 18.7. The molecule has 13 heteroatoms. The molecule has 0 aromatic heterocycles. The van der Waals surface area contributed by atoms with Crippen LogP contribution < -0.4 is 15.3 Å². The first-order valence-corrected chi connectivity index (χ1v) is 6.82. The number of carboxylic acid groups (broad SMARTS) is 3. The maximum atomic E-state index is 10.1. The van der Waals surface area contributed by atoms with Crippen molar-refractivity contribution in [2.24, 2.45) is 0 Å². The van der Waals surface area contributed by atoms with Crippen molar-refractivity contribution in [1.29, 1.82) is 0 Å². The number of aliphatic carboxylic acids is 3. The van der Waals surface area contributed by atoms with Crippen molar-refractivity contribution in [2.75, 3.05) is 0 Å². The Bertz CT molecular complexity index is 572. The third-order valence-electron chi connectivity index (χ3n) is 1.91. The molecule has 12 nitrogen and oxygen atoms in total. The molecule has 28 heavy (non-hydrogen) atoms. The van der Waals surface area contributed by atoms with Gasteiger partial charge >= 0.3 is 35.6 Å². The van der Waals surface area contributed by atoms with Crippen molar-refractivity contribution in [2.45, 2.75) is 40.0 Å². The molecule has 150 valence electrons. The van der Waals surface area contributed by atoms with Crippen LogP contribution >= 0.6 is 0 Å². The Morgan fingerprint density at radius 1 is 0.464 bits per heavy atom. The molecule has 0 radical (unpaired) electrons. The molecular weight excluding hydrogens is 511 g/mol. The summed E-state index contributed by atoms with van der Waals surface area (Å²) in [6.07, 6.45) is -1.70. The van der Waals surface area contributed by atoms with Gasteiger partial charge in [0.15, 0.2) is 17.3 Å². The molecule has 0 amide bonds. The van der Waals surface area contributed by atoms with Gasteiger partial charge in [-0.2, -0.15) is 0 Å². The van der Waals surface area contributed by atoms with E-state index in [0.29, 0.717) is 0 Å². The molecule has 0 spiro atoms. The number of carboxylic acids is 3. The standard InChI is InChI=1S/3C5H6O4.La/c3*1-3(6)2-4(7)5(8)9;/h3*2H2,1H3,(H,8,9);/q;;;+3/p-3. The van der Waals surface area contributed by atoms with Gasteiger partial charge in [0.2, 0.25) is 0 Å². The van der Waals surface area contributed by atoms with Crippen molar-refractivity contribution in [3.8, 4) is 0 Å². The van der Waals surface area contributed by atoms with E-state index in [1.807, 2.05) is 0 Å². The molecular formula is C15H15LaO12. The summed E-state index contributed by atoms with van der Waals surface area (Å²) in [5.74, 6) is -10.3. The van der Waals surface area contributed by atoms with Crippen LogP contribution in [0.4, 0.5) is 0 Å². The first kappa shape index (κ1) is 33.2. The van der Waals surface area contributed by atoms with Crippen LogP contribution in [0.3, 0.4) is 0 Å². The Kier molecular flexibility index (Phi) is 21.4. The van der Waals surface area contributed by atoms with Gasteiger partial charge in [-0.25, -0.2) is 0 Å². The van der Waals surface area contributed by atoms with Gasteiger partial charge in [0, 0.05) is 0 Å². The molecule has 0 fully saturated rings. The van der Waals surface area contributed by atoms with E-state index < -0.39 is 71.9 Å². The Hall–Kier alpha value is -2.38. The van der Waals surface area contributed by atoms with Gasteiger partial charge in [0.05, 0.1) is 19.3 Å². The number of rotatable bonds is 9. The molecule has 0 aliphatic carbocycles. The van der Waals surface area contributed by atoms with E-state index in [1.165, 1.54) is 0 Å². The second kappa shape index (κ2) is 18.0. The van der Waals surface area contributed by atoms with E-state index in [0.717, 1.165) is 20.8 Å². The van der Waals surface area contributed by atoms with Crippen molar-refractivity contribution in [3.63, 3.8) is 0 Å². The van der Waals surface area contributed by atoms with Crippen LogP contribution in [-0.4, -0.2) is 52.6 Å². The Balaban J connectivity index is -0.000000152. The van der Waals surface area contributed by atoms with Crippen LogP contribution in [0, 0.1) is 35.6 Å². The van der Waals surface area contributed by atoms with Crippen molar-refractivity contribution < 1.29 is 94.1 Å². The minimum Gasteiger partial charge on any atom is -0.542 e. The van der Waals surface area contributed by atoms with E-state index in [1.54, 1.807) is 0 Å². The smallest absolute Gasteiger partial charge is 0.542 e. The van der Waals surface area contributed by atoms with Crippen LogP contribution in [0.2, 0.25) is 0 Å². The third-order valence-corrected chi connectivity index (χ3v) is 1.91. The van der Waals surface area contributed by atoms with Crippen LogP contribution in [-0.2, 0) is 43.2 Å².